The van der Waals surface area contributed by atoms with E-state index in [0.717, 1.165) is 0 Å². The molecule has 0 aliphatic heterocycles. The molecule has 13 heavy (non-hydrogen) atoms. The van der Waals surface area contributed by atoms with Crippen LogP contribution in [0.3, 0.4) is 0 Å². The first-order valence-electron chi connectivity index (χ1n) is 3.52. The monoisotopic (exact) mass is 250 g/mol. The molecule has 0 rings (SSSR count). The molecule has 0 heterocycles. The summed E-state index contributed by atoms with van der Waals surface area (Å²) in [7, 11) is 1.27. The molecule has 2 N–H and O–H groups in total. The first-order chi connectivity index (χ1) is 6.07. The lowest BCUT2D eigenvalue weighted by atomic mass is 10.5. The number of carbonyl (C=O) groups is 2. The third-order valence-corrected chi connectivity index (χ3v) is 1.47. The van der Waals surface area contributed by atoms with Gasteiger partial charge in [-0.25, -0.2) is 4.79 Å². The van der Waals surface area contributed by atoms with Crippen molar-refractivity contribution in [3.05, 3.63) is 11.1 Å². The summed E-state index contributed by atoms with van der Waals surface area (Å²) < 4.78 is 4.57. The minimum atomic E-state index is -0.521. The van der Waals surface area contributed by atoms with Crippen molar-refractivity contribution >= 4 is 27.9 Å². The van der Waals surface area contributed by atoms with E-state index in [4.69, 9.17) is 0 Å². The van der Waals surface area contributed by atoms with Crippen LogP contribution in [-0.4, -0.2) is 32.2 Å². The highest BCUT2D eigenvalue weighted by Gasteiger charge is 2.02. The topological polar surface area (TPSA) is 67.4 Å². The summed E-state index contributed by atoms with van der Waals surface area (Å²) >= 11 is 2.92. The van der Waals surface area contributed by atoms with E-state index in [9.17, 15) is 9.59 Å². The number of hydrogen-bond donors (Lipinski definition) is 2. The van der Waals surface area contributed by atoms with E-state index >= 15 is 0 Å². The lowest BCUT2D eigenvalue weighted by Gasteiger charge is -2.04. The Hall–Kier alpha value is -1.04. The van der Waals surface area contributed by atoms with Gasteiger partial charge in [0.25, 0.3) is 5.91 Å². The Balaban J connectivity index is 3.41. The molecular weight excluding hydrogens is 240 g/mol. The van der Waals surface area contributed by atoms with Crippen molar-refractivity contribution in [2.75, 3.05) is 20.2 Å². The highest BCUT2D eigenvalue weighted by molar-refractivity contribution is 9.12. The first kappa shape index (κ1) is 12.0. The summed E-state index contributed by atoms with van der Waals surface area (Å²) in [6, 6.07) is 0. The third-order valence-electron chi connectivity index (χ3n) is 1.11. The Morgan fingerprint density at radius 1 is 1.38 bits per heavy atom. The van der Waals surface area contributed by atoms with Crippen molar-refractivity contribution in [3.63, 3.8) is 0 Å². The van der Waals surface area contributed by atoms with Gasteiger partial charge in [0.15, 0.2) is 0 Å². The van der Waals surface area contributed by atoms with Crippen LogP contribution < -0.4 is 10.6 Å². The number of ether oxygens (including phenoxy) is 1. The SMILES string of the molecule is C=C(Br)C(=O)NCCNC(=O)OC. The van der Waals surface area contributed by atoms with Crippen molar-refractivity contribution in [2.45, 2.75) is 0 Å². The molecule has 0 saturated carbocycles. The zero-order valence-corrected chi connectivity index (χ0v) is 8.81. The van der Waals surface area contributed by atoms with Gasteiger partial charge in [-0.2, -0.15) is 0 Å². The maximum Gasteiger partial charge on any atom is 0.406 e. The number of hydrogen-bond acceptors (Lipinski definition) is 3. The van der Waals surface area contributed by atoms with Crippen LogP contribution in [0.1, 0.15) is 0 Å². The van der Waals surface area contributed by atoms with Crippen molar-refractivity contribution < 1.29 is 14.3 Å². The van der Waals surface area contributed by atoms with E-state index in [0.29, 0.717) is 13.1 Å². The van der Waals surface area contributed by atoms with Gasteiger partial charge in [0.1, 0.15) is 0 Å². The molecule has 0 radical (unpaired) electrons. The normalized spacial score (nSPS) is 8.77. The quantitative estimate of drug-likeness (QED) is 0.560. The summed E-state index contributed by atoms with van der Waals surface area (Å²) in [5.41, 5.74) is 0. The second kappa shape index (κ2) is 6.47. The molecule has 0 aromatic rings. The van der Waals surface area contributed by atoms with E-state index in [1.54, 1.807) is 0 Å². The molecule has 2 amide bonds. The molecule has 0 saturated heterocycles. The summed E-state index contributed by atoms with van der Waals surface area (Å²) in [6.45, 7) is 4.03. The average molecular weight is 251 g/mol. The first-order valence-corrected chi connectivity index (χ1v) is 4.31. The summed E-state index contributed by atoms with van der Waals surface area (Å²) in [5.74, 6) is -0.299. The lowest BCUT2D eigenvalue weighted by Crippen LogP contribution is -2.34. The van der Waals surface area contributed by atoms with Gasteiger partial charge in [-0.1, -0.05) is 6.58 Å². The Morgan fingerprint density at radius 3 is 2.38 bits per heavy atom. The standard InChI is InChI=1S/C7H11BrN2O3/c1-5(8)6(11)9-3-4-10-7(12)13-2/h1,3-4H2,2H3,(H,9,11)(H,10,12). The Morgan fingerprint density at radius 2 is 1.92 bits per heavy atom. The molecular formula is C7H11BrN2O3. The molecule has 0 aliphatic rings. The second-order valence-corrected chi connectivity index (χ2v) is 3.04. The fourth-order valence-corrected chi connectivity index (χ4v) is 0.649. The maximum atomic E-state index is 10.9. The van der Waals surface area contributed by atoms with E-state index in [2.05, 4.69) is 37.9 Å². The maximum absolute atomic E-state index is 10.9. The van der Waals surface area contributed by atoms with Crippen LogP contribution >= 0.6 is 15.9 Å². The van der Waals surface area contributed by atoms with Crippen LogP contribution in [0.5, 0.6) is 0 Å². The summed E-state index contributed by atoms with van der Waals surface area (Å²) in [5, 5.41) is 4.91. The van der Waals surface area contributed by atoms with Crippen LogP contribution in [-0.2, 0) is 9.53 Å². The Kier molecular flexibility index (Phi) is 5.96. The third kappa shape index (κ3) is 6.15. The van der Waals surface area contributed by atoms with Crippen molar-refractivity contribution in [3.8, 4) is 0 Å². The van der Waals surface area contributed by atoms with E-state index in [-0.39, 0.29) is 10.4 Å². The van der Waals surface area contributed by atoms with E-state index in [1.165, 1.54) is 7.11 Å². The number of amides is 2. The van der Waals surface area contributed by atoms with Crippen LogP contribution in [0.4, 0.5) is 4.79 Å². The molecule has 6 heteroatoms. The highest BCUT2D eigenvalue weighted by atomic mass is 79.9. The van der Waals surface area contributed by atoms with Crippen LogP contribution in [0.25, 0.3) is 0 Å². The van der Waals surface area contributed by atoms with Gasteiger partial charge in [-0.05, 0) is 15.9 Å². The van der Waals surface area contributed by atoms with E-state index in [1.807, 2.05) is 0 Å². The van der Waals surface area contributed by atoms with Crippen molar-refractivity contribution in [1.82, 2.24) is 10.6 Å². The number of nitrogens with one attached hydrogen (secondary N) is 2. The minimum Gasteiger partial charge on any atom is -0.453 e. The molecule has 0 aromatic carbocycles. The number of alkyl carbamates (subject to hydrolysis) is 1. The molecule has 5 nitrogen and oxygen atoms in total. The van der Waals surface area contributed by atoms with Gasteiger partial charge in [0.05, 0.1) is 11.6 Å². The smallest absolute Gasteiger partial charge is 0.406 e. The largest absolute Gasteiger partial charge is 0.453 e. The summed E-state index contributed by atoms with van der Waals surface area (Å²) in [6.07, 6.45) is -0.521. The Bertz CT molecular complexity index is 218. The number of methoxy groups -OCH3 is 1. The minimum absolute atomic E-state index is 0.255. The molecule has 0 spiro atoms. The molecule has 74 valence electrons. The van der Waals surface area contributed by atoms with Gasteiger partial charge in [-0.15, -0.1) is 0 Å². The van der Waals surface area contributed by atoms with Crippen molar-refractivity contribution in [2.24, 2.45) is 0 Å². The van der Waals surface area contributed by atoms with Crippen LogP contribution in [0.15, 0.2) is 11.1 Å². The predicted molar refractivity (Wildman–Crippen MR) is 51.5 cm³/mol. The lowest BCUT2D eigenvalue weighted by molar-refractivity contribution is -0.116. The molecule has 0 fully saturated rings. The predicted octanol–water partition coefficient (Wildman–Crippen LogP) is 0.367. The number of carbonyl (C=O) groups excluding carboxylic acids is 2. The fourth-order valence-electron chi connectivity index (χ4n) is 0.509. The zero-order chi connectivity index (χ0) is 10.3. The van der Waals surface area contributed by atoms with Gasteiger partial charge < -0.3 is 15.4 Å². The summed E-state index contributed by atoms with van der Waals surface area (Å²) in [4.78, 5) is 21.4. The van der Waals surface area contributed by atoms with Crippen molar-refractivity contribution in [1.29, 1.82) is 0 Å². The number of halogens is 1. The molecule has 0 atom stereocenters. The van der Waals surface area contributed by atoms with Crippen LogP contribution in [0, 0.1) is 0 Å². The van der Waals surface area contributed by atoms with E-state index < -0.39 is 6.09 Å². The second-order valence-electron chi connectivity index (χ2n) is 2.08. The van der Waals surface area contributed by atoms with Gasteiger partial charge in [0, 0.05) is 13.1 Å². The molecule has 0 aromatic heterocycles. The highest BCUT2D eigenvalue weighted by Crippen LogP contribution is 1.98. The van der Waals surface area contributed by atoms with Gasteiger partial charge in [0.2, 0.25) is 0 Å². The fraction of sp³-hybridized carbons (Fsp3) is 0.429. The Labute approximate surface area is 84.6 Å². The average Bonchev–Trinajstić information content (AvgIpc) is 2.11. The zero-order valence-electron chi connectivity index (χ0n) is 7.22. The molecule has 0 bridgehead atoms. The number of rotatable bonds is 4. The molecule has 0 unspecified atom stereocenters. The van der Waals surface area contributed by atoms with Crippen LogP contribution in [0.2, 0.25) is 0 Å². The van der Waals surface area contributed by atoms with Gasteiger partial charge >= 0.3 is 6.09 Å². The van der Waals surface area contributed by atoms with Gasteiger partial charge in [-0.3, -0.25) is 4.79 Å². The molecule has 0 aliphatic carbocycles.